The maximum Gasteiger partial charge on any atom is 0.123 e. The first-order valence-corrected chi connectivity index (χ1v) is 5.82. The predicted molar refractivity (Wildman–Crippen MR) is 65.3 cm³/mol. The smallest absolute Gasteiger partial charge is 0.123 e. The van der Waals surface area contributed by atoms with Crippen molar-refractivity contribution in [3.05, 3.63) is 34.1 Å². The largest absolute Gasteiger partial charge is 0.312 e. The Bertz CT molecular complexity index is 331. The summed E-state index contributed by atoms with van der Waals surface area (Å²) >= 11 is 3.40. The molecular formula is C12H17BrFN. The molecule has 0 saturated heterocycles. The zero-order chi connectivity index (χ0) is 11.5. The van der Waals surface area contributed by atoms with Crippen molar-refractivity contribution in [3.63, 3.8) is 0 Å². The van der Waals surface area contributed by atoms with Gasteiger partial charge in [0.15, 0.2) is 0 Å². The van der Waals surface area contributed by atoms with Gasteiger partial charge in [-0.05, 0) is 29.2 Å². The number of nitrogens with one attached hydrogen (secondary N) is 1. The fraction of sp³-hybridized carbons (Fsp3) is 0.500. The molecule has 3 heteroatoms. The average molecular weight is 274 g/mol. The highest BCUT2D eigenvalue weighted by molar-refractivity contribution is 9.10. The third-order valence-electron chi connectivity index (χ3n) is 1.98. The van der Waals surface area contributed by atoms with Crippen LogP contribution in [0.1, 0.15) is 26.3 Å². The van der Waals surface area contributed by atoms with Gasteiger partial charge in [0.2, 0.25) is 0 Å². The van der Waals surface area contributed by atoms with Gasteiger partial charge >= 0.3 is 0 Å². The van der Waals surface area contributed by atoms with Crippen molar-refractivity contribution >= 4 is 15.9 Å². The van der Waals surface area contributed by atoms with E-state index in [1.165, 1.54) is 6.07 Å². The topological polar surface area (TPSA) is 12.0 Å². The molecule has 0 amide bonds. The zero-order valence-electron chi connectivity index (χ0n) is 9.40. The first kappa shape index (κ1) is 12.7. The summed E-state index contributed by atoms with van der Waals surface area (Å²) in [5, 5.41) is 3.31. The molecule has 1 nitrogen and oxygen atoms in total. The minimum atomic E-state index is -0.189. The molecule has 15 heavy (non-hydrogen) atoms. The maximum absolute atomic E-state index is 13.0. The third-order valence-corrected chi connectivity index (χ3v) is 2.75. The van der Waals surface area contributed by atoms with E-state index in [0.29, 0.717) is 6.54 Å². The molecule has 0 heterocycles. The normalized spacial score (nSPS) is 11.8. The van der Waals surface area contributed by atoms with Gasteiger partial charge in [0, 0.05) is 17.6 Å². The van der Waals surface area contributed by atoms with Gasteiger partial charge in [0.25, 0.3) is 0 Å². The summed E-state index contributed by atoms with van der Waals surface area (Å²) in [4.78, 5) is 0. The minimum absolute atomic E-state index is 0.189. The van der Waals surface area contributed by atoms with Crippen molar-refractivity contribution in [1.29, 1.82) is 0 Å². The second-order valence-corrected chi connectivity index (χ2v) is 5.75. The van der Waals surface area contributed by atoms with Gasteiger partial charge < -0.3 is 5.32 Å². The van der Waals surface area contributed by atoms with Crippen LogP contribution in [0.3, 0.4) is 0 Å². The van der Waals surface area contributed by atoms with Crippen molar-refractivity contribution in [2.75, 3.05) is 6.54 Å². The Balaban J connectivity index is 2.54. The molecular weight excluding hydrogens is 257 g/mol. The van der Waals surface area contributed by atoms with Gasteiger partial charge in [-0.3, -0.25) is 0 Å². The molecule has 1 aromatic carbocycles. The molecule has 84 valence electrons. The van der Waals surface area contributed by atoms with E-state index >= 15 is 0 Å². The predicted octanol–water partition coefficient (Wildman–Crippen LogP) is 3.72. The average Bonchev–Trinajstić information content (AvgIpc) is 2.09. The van der Waals surface area contributed by atoms with Crippen molar-refractivity contribution in [1.82, 2.24) is 5.32 Å². The molecule has 1 N–H and O–H groups in total. The molecule has 1 aromatic rings. The van der Waals surface area contributed by atoms with E-state index < -0.39 is 0 Å². The Morgan fingerprint density at radius 2 is 2.00 bits per heavy atom. The van der Waals surface area contributed by atoms with Crippen molar-refractivity contribution in [3.8, 4) is 0 Å². The highest BCUT2D eigenvalue weighted by Gasteiger charge is 2.09. The van der Waals surface area contributed by atoms with Gasteiger partial charge in [-0.2, -0.15) is 0 Å². The maximum atomic E-state index is 13.0. The van der Waals surface area contributed by atoms with Gasteiger partial charge in [0.1, 0.15) is 5.82 Å². The Morgan fingerprint density at radius 3 is 2.60 bits per heavy atom. The van der Waals surface area contributed by atoms with E-state index in [1.807, 2.05) is 0 Å². The molecule has 0 aliphatic carbocycles. The second kappa shape index (κ2) is 5.08. The molecule has 0 aliphatic rings. The lowest BCUT2D eigenvalue weighted by Gasteiger charge is -2.19. The van der Waals surface area contributed by atoms with Crippen molar-refractivity contribution < 1.29 is 4.39 Å². The molecule has 0 aromatic heterocycles. The monoisotopic (exact) mass is 273 g/mol. The van der Waals surface area contributed by atoms with Crippen molar-refractivity contribution in [2.24, 2.45) is 5.41 Å². The van der Waals surface area contributed by atoms with E-state index in [4.69, 9.17) is 0 Å². The van der Waals surface area contributed by atoms with E-state index in [2.05, 4.69) is 42.0 Å². The summed E-state index contributed by atoms with van der Waals surface area (Å²) in [6, 6.07) is 4.75. The van der Waals surface area contributed by atoms with E-state index in [9.17, 15) is 4.39 Å². The van der Waals surface area contributed by atoms with Crippen molar-refractivity contribution in [2.45, 2.75) is 27.3 Å². The van der Waals surface area contributed by atoms with E-state index in [0.717, 1.165) is 16.6 Å². The number of halogens is 2. The van der Waals surface area contributed by atoms with Crippen LogP contribution in [-0.2, 0) is 6.54 Å². The highest BCUT2D eigenvalue weighted by atomic mass is 79.9. The summed E-state index contributed by atoms with van der Waals surface area (Å²) in [6.07, 6.45) is 0. The molecule has 1 rings (SSSR count). The number of hydrogen-bond acceptors (Lipinski definition) is 1. The summed E-state index contributed by atoms with van der Waals surface area (Å²) in [5.41, 5.74) is 1.21. The van der Waals surface area contributed by atoms with Gasteiger partial charge in [-0.25, -0.2) is 4.39 Å². The summed E-state index contributed by atoms with van der Waals surface area (Å²) in [5.74, 6) is -0.189. The molecule has 0 spiro atoms. The molecule has 0 radical (unpaired) electrons. The molecule has 0 unspecified atom stereocenters. The molecule has 0 bridgehead atoms. The standard InChI is InChI=1S/C12H17BrFN/c1-12(2,3)8-15-7-9-6-10(14)4-5-11(9)13/h4-6,15H,7-8H2,1-3H3. The fourth-order valence-electron chi connectivity index (χ4n) is 1.25. The van der Waals surface area contributed by atoms with E-state index in [-0.39, 0.29) is 11.2 Å². The highest BCUT2D eigenvalue weighted by Crippen LogP contribution is 2.18. The third kappa shape index (κ3) is 4.76. The second-order valence-electron chi connectivity index (χ2n) is 4.90. The van der Waals surface area contributed by atoms with Crippen LogP contribution in [0.25, 0.3) is 0 Å². The molecule has 0 saturated carbocycles. The van der Waals surface area contributed by atoms with Crippen LogP contribution in [-0.4, -0.2) is 6.54 Å². The number of rotatable bonds is 3. The molecule has 0 aliphatic heterocycles. The van der Waals surface area contributed by atoms with Crippen LogP contribution in [0.5, 0.6) is 0 Å². The van der Waals surface area contributed by atoms with Gasteiger partial charge in [0.05, 0.1) is 0 Å². The first-order valence-electron chi connectivity index (χ1n) is 5.03. The fourth-order valence-corrected chi connectivity index (χ4v) is 1.64. The van der Waals surface area contributed by atoms with Crippen LogP contribution in [0.15, 0.2) is 22.7 Å². The number of hydrogen-bond donors (Lipinski definition) is 1. The minimum Gasteiger partial charge on any atom is -0.312 e. The van der Waals surface area contributed by atoms with Crippen LogP contribution >= 0.6 is 15.9 Å². The SMILES string of the molecule is CC(C)(C)CNCc1cc(F)ccc1Br. The van der Waals surface area contributed by atoms with Gasteiger partial charge in [-0.1, -0.05) is 36.7 Å². The van der Waals surface area contributed by atoms with Crippen LogP contribution < -0.4 is 5.32 Å². The first-order chi connectivity index (χ1) is 6.88. The van der Waals surface area contributed by atoms with Gasteiger partial charge in [-0.15, -0.1) is 0 Å². The Labute approximate surface area is 99.2 Å². The Kier molecular flexibility index (Phi) is 4.29. The van der Waals surface area contributed by atoms with Crippen LogP contribution in [0.2, 0.25) is 0 Å². The van der Waals surface area contributed by atoms with E-state index in [1.54, 1.807) is 12.1 Å². The number of benzene rings is 1. The Hall–Kier alpha value is -0.410. The van der Waals surface area contributed by atoms with Crippen LogP contribution in [0, 0.1) is 11.2 Å². The zero-order valence-corrected chi connectivity index (χ0v) is 11.0. The molecule has 0 atom stereocenters. The summed E-state index contributed by atoms with van der Waals surface area (Å²) < 4.78 is 13.9. The Morgan fingerprint density at radius 1 is 1.33 bits per heavy atom. The van der Waals surface area contributed by atoms with Crippen LogP contribution in [0.4, 0.5) is 4.39 Å². The molecule has 0 fully saturated rings. The lowest BCUT2D eigenvalue weighted by molar-refractivity contribution is 0.379. The lowest BCUT2D eigenvalue weighted by atomic mass is 9.97. The quantitative estimate of drug-likeness (QED) is 0.885. The lowest BCUT2D eigenvalue weighted by Crippen LogP contribution is -2.26. The summed E-state index contributed by atoms with van der Waals surface area (Å²) in [6.45, 7) is 8.10. The summed E-state index contributed by atoms with van der Waals surface area (Å²) in [7, 11) is 0.